The predicted molar refractivity (Wildman–Crippen MR) is 66.7 cm³/mol. The van der Waals surface area contributed by atoms with E-state index in [1.807, 2.05) is 0 Å². The summed E-state index contributed by atoms with van der Waals surface area (Å²) in [5, 5.41) is 3.69. The molecular weight excluding hydrogens is 287 g/mol. The minimum absolute atomic E-state index is 0.178. The molecule has 0 saturated carbocycles. The van der Waals surface area contributed by atoms with Gasteiger partial charge in [0.2, 0.25) is 0 Å². The summed E-state index contributed by atoms with van der Waals surface area (Å²) >= 11 is 0. The van der Waals surface area contributed by atoms with Gasteiger partial charge in [-0.2, -0.15) is 13.2 Å². The van der Waals surface area contributed by atoms with E-state index in [2.05, 4.69) is 5.16 Å². The first-order valence-electron chi connectivity index (χ1n) is 6.18. The highest BCUT2D eigenvalue weighted by Gasteiger charge is 2.30. The molecular formula is C14H12F3NO3. The van der Waals surface area contributed by atoms with Crippen molar-refractivity contribution in [1.29, 1.82) is 0 Å². The van der Waals surface area contributed by atoms with Gasteiger partial charge in [0, 0.05) is 6.42 Å². The molecule has 7 heteroatoms. The third kappa shape index (κ3) is 3.62. The Morgan fingerprint density at radius 2 is 1.95 bits per heavy atom. The van der Waals surface area contributed by atoms with Gasteiger partial charge in [-0.25, -0.2) is 4.79 Å². The van der Waals surface area contributed by atoms with Gasteiger partial charge in [0.15, 0.2) is 0 Å². The van der Waals surface area contributed by atoms with E-state index in [1.54, 1.807) is 6.92 Å². The van der Waals surface area contributed by atoms with Crippen LogP contribution < -0.4 is 0 Å². The summed E-state index contributed by atoms with van der Waals surface area (Å²) in [5.41, 5.74) is 0.365. The normalized spacial score (nSPS) is 11.4. The van der Waals surface area contributed by atoms with Crippen molar-refractivity contribution < 1.29 is 27.2 Å². The molecule has 0 saturated heterocycles. The van der Waals surface area contributed by atoms with E-state index in [9.17, 15) is 18.0 Å². The summed E-state index contributed by atoms with van der Waals surface area (Å²) in [6.45, 7) is 1.88. The quantitative estimate of drug-likeness (QED) is 0.811. The molecule has 0 fully saturated rings. The van der Waals surface area contributed by atoms with Crippen LogP contribution in [-0.2, 0) is 17.3 Å². The van der Waals surface area contributed by atoms with Gasteiger partial charge in [0.25, 0.3) is 0 Å². The molecule has 0 unspecified atom stereocenters. The number of nitrogens with zero attached hydrogens (tertiary/aromatic N) is 1. The van der Waals surface area contributed by atoms with Crippen molar-refractivity contribution >= 4 is 5.97 Å². The Hall–Kier alpha value is -2.31. The van der Waals surface area contributed by atoms with E-state index >= 15 is 0 Å². The average molecular weight is 299 g/mol. The van der Waals surface area contributed by atoms with Crippen LogP contribution in [0.2, 0.25) is 0 Å². The van der Waals surface area contributed by atoms with Crippen LogP contribution in [0.25, 0.3) is 0 Å². The number of rotatable bonds is 4. The second-order valence-electron chi connectivity index (χ2n) is 4.27. The fourth-order valence-electron chi connectivity index (χ4n) is 1.77. The highest BCUT2D eigenvalue weighted by molar-refractivity contribution is 5.90. The van der Waals surface area contributed by atoms with Gasteiger partial charge >= 0.3 is 12.1 Å². The standard InChI is InChI=1S/C14H12F3NO3/c1-2-20-13(19)11-8-21-18-12(11)7-9-3-5-10(6-4-9)14(15,16)17/h3-6,8H,2,7H2,1H3. The predicted octanol–water partition coefficient (Wildman–Crippen LogP) is 3.46. The highest BCUT2D eigenvalue weighted by Crippen LogP contribution is 2.29. The number of aromatic nitrogens is 1. The fourth-order valence-corrected chi connectivity index (χ4v) is 1.77. The van der Waals surface area contributed by atoms with Crippen LogP contribution in [-0.4, -0.2) is 17.7 Å². The molecule has 0 radical (unpaired) electrons. The minimum Gasteiger partial charge on any atom is -0.462 e. The molecule has 0 aliphatic heterocycles. The molecule has 0 aliphatic carbocycles. The zero-order chi connectivity index (χ0) is 15.5. The highest BCUT2D eigenvalue weighted by atomic mass is 19.4. The van der Waals surface area contributed by atoms with E-state index in [0.717, 1.165) is 18.4 Å². The van der Waals surface area contributed by atoms with Crippen molar-refractivity contribution in [3.8, 4) is 0 Å². The van der Waals surface area contributed by atoms with E-state index < -0.39 is 17.7 Å². The minimum atomic E-state index is -4.37. The molecule has 0 N–H and O–H groups in total. The number of ether oxygens (including phenoxy) is 1. The first kappa shape index (κ1) is 15.1. The van der Waals surface area contributed by atoms with Gasteiger partial charge in [-0.15, -0.1) is 0 Å². The third-order valence-corrected chi connectivity index (χ3v) is 2.79. The Labute approximate surface area is 118 Å². The molecule has 2 rings (SSSR count). The van der Waals surface area contributed by atoms with Gasteiger partial charge in [-0.1, -0.05) is 17.3 Å². The molecule has 0 bridgehead atoms. The molecule has 4 nitrogen and oxygen atoms in total. The summed E-state index contributed by atoms with van der Waals surface area (Å²) in [6, 6.07) is 4.65. The van der Waals surface area contributed by atoms with Crippen LogP contribution in [0.3, 0.4) is 0 Å². The van der Waals surface area contributed by atoms with Gasteiger partial charge in [0.05, 0.1) is 12.2 Å². The third-order valence-electron chi connectivity index (χ3n) is 2.79. The number of benzene rings is 1. The summed E-state index contributed by atoms with van der Waals surface area (Å²) in [5.74, 6) is -0.569. The molecule has 0 spiro atoms. The van der Waals surface area contributed by atoms with Crippen molar-refractivity contribution in [2.75, 3.05) is 6.61 Å². The van der Waals surface area contributed by atoms with Gasteiger partial charge in [-0.05, 0) is 24.6 Å². The number of esters is 1. The Balaban J connectivity index is 2.16. The topological polar surface area (TPSA) is 52.3 Å². The van der Waals surface area contributed by atoms with Crippen LogP contribution in [0, 0.1) is 0 Å². The average Bonchev–Trinajstić information content (AvgIpc) is 2.87. The number of carbonyl (C=O) groups is 1. The Morgan fingerprint density at radius 1 is 1.29 bits per heavy atom. The summed E-state index contributed by atoms with van der Waals surface area (Å²) in [4.78, 5) is 11.6. The molecule has 1 aromatic heterocycles. The summed E-state index contributed by atoms with van der Waals surface area (Å²) in [6.07, 6.45) is -3.03. The van der Waals surface area contributed by atoms with Crippen LogP contribution in [0.15, 0.2) is 35.1 Å². The molecule has 2 aromatic rings. The number of hydrogen-bond donors (Lipinski definition) is 0. The second kappa shape index (κ2) is 5.99. The zero-order valence-electron chi connectivity index (χ0n) is 11.1. The molecule has 1 aromatic carbocycles. The van der Waals surface area contributed by atoms with Crippen LogP contribution in [0.1, 0.15) is 34.1 Å². The lowest BCUT2D eigenvalue weighted by atomic mass is 10.0. The lowest BCUT2D eigenvalue weighted by Crippen LogP contribution is -2.07. The van der Waals surface area contributed by atoms with Crippen LogP contribution >= 0.6 is 0 Å². The van der Waals surface area contributed by atoms with Crippen molar-refractivity contribution in [3.63, 3.8) is 0 Å². The first-order valence-corrected chi connectivity index (χ1v) is 6.18. The summed E-state index contributed by atoms with van der Waals surface area (Å²) < 4.78 is 47.0. The lowest BCUT2D eigenvalue weighted by Gasteiger charge is -2.07. The van der Waals surface area contributed by atoms with E-state index in [0.29, 0.717) is 11.3 Å². The van der Waals surface area contributed by atoms with Gasteiger partial charge < -0.3 is 9.26 Å². The number of carbonyl (C=O) groups excluding carboxylic acids is 1. The lowest BCUT2D eigenvalue weighted by molar-refractivity contribution is -0.137. The van der Waals surface area contributed by atoms with E-state index in [-0.39, 0.29) is 18.6 Å². The fraction of sp³-hybridized carbons (Fsp3) is 0.286. The maximum absolute atomic E-state index is 12.5. The molecule has 0 amide bonds. The Morgan fingerprint density at radius 3 is 2.52 bits per heavy atom. The first-order chi connectivity index (χ1) is 9.91. The van der Waals surface area contributed by atoms with Crippen molar-refractivity contribution in [2.24, 2.45) is 0 Å². The van der Waals surface area contributed by atoms with Gasteiger partial charge in [0.1, 0.15) is 17.5 Å². The monoisotopic (exact) mass is 299 g/mol. The zero-order valence-corrected chi connectivity index (χ0v) is 11.1. The molecule has 21 heavy (non-hydrogen) atoms. The molecule has 0 atom stereocenters. The maximum Gasteiger partial charge on any atom is 0.416 e. The van der Waals surface area contributed by atoms with Crippen LogP contribution in [0.4, 0.5) is 13.2 Å². The Bertz CT molecular complexity index is 617. The number of alkyl halides is 3. The van der Waals surface area contributed by atoms with E-state index in [1.165, 1.54) is 12.1 Å². The molecule has 1 heterocycles. The molecule has 112 valence electrons. The van der Waals surface area contributed by atoms with Crippen LogP contribution in [0.5, 0.6) is 0 Å². The smallest absolute Gasteiger partial charge is 0.416 e. The number of hydrogen-bond acceptors (Lipinski definition) is 4. The van der Waals surface area contributed by atoms with Crippen molar-refractivity contribution in [1.82, 2.24) is 5.16 Å². The van der Waals surface area contributed by atoms with E-state index in [4.69, 9.17) is 9.26 Å². The van der Waals surface area contributed by atoms with Gasteiger partial charge in [-0.3, -0.25) is 0 Å². The molecule has 0 aliphatic rings. The second-order valence-corrected chi connectivity index (χ2v) is 4.27. The maximum atomic E-state index is 12.5. The summed E-state index contributed by atoms with van der Waals surface area (Å²) in [7, 11) is 0. The number of halogens is 3. The SMILES string of the molecule is CCOC(=O)c1conc1Cc1ccc(C(F)(F)F)cc1. The van der Waals surface area contributed by atoms with Crippen molar-refractivity contribution in [3.05, 3.63) is 52.9 Å². The van der Waals surface area contributed by atoms with Crippen molar-refractivity contribution in [2.45, 2.75) is 19.5 Å². The largest absolute Gasteiger partial charge is 0.462 e. The Kier molecular flexibility index (Phi) is 4.30.